The summed E-state index contributed by atoms with van der Waals surface area (Å²) in [6.45, 7) is 2.03. The van der Waals surface area contributed by atoms with Crippen molar-refractivity contribution < 1.29 is 0 Å². The van der Waals surface area contributed by atoms with E-state index < -0.39 is 0 Å². The number of halogens is 1. The van der Waals surface area contributed by atoms with Crippen LogP contribution in [-0.2, 0) is 0 Å². The van der Waals surface area contributed by atoms with Crippen LogP contribution in [0.1, 0.15) is 5.56 Å². The Morgan fingerprint density at radius 3 is 2.67 bits per heavy atom. The molecule has 0 unspecified atom stereocenters. The highest BCUT2D eigenvalue weighted by molar-refractivity contribution is 6.29. The first-order valence-electron chi connectivity index (χ1n) is 6.50. The molecule has 0 spiro atoms. The van der Waals surface area contributed by atoms with Gasteiger partial charge in [-0.05, 0) is 30.7 Å². The third kappa shape index (κ3) is 3.17. The fourth-order valence-corrected chi connectivity index (χ4v) is 2.14. The molecule has 0 atom stereocenters. The highest BCUT2D eigenvalue weighted by Crippen LogP contribution is 2.23. The molecule has 1 aromatic carbocycles. The molecule has 2 heterocycles. The number of hydrogen-bond donors (Lipinski definition) is 1. The molecule has 1 N–H and O–H groups in total. The smallest absolute Gasteiger partial charge is 0.164 e. The van der Waals surface area contributed by atoms with E-state index in [1.54, 1.807) is 18.5 Å². The van der Waals surface area contributed by atoms with Crippen LogP contribution in [-0.4, -0.2) is 15.0 Å². The Balaban J connectivity index is 1.97. The van der Waals surface area contributed by atoms with Crippen LogP contribution in [0.2, 0.25) is 5.15 Å². The molecule has 2 aromatic heterocycles. The van der Waals surface area contributed by atoms with Crippen LogP contribution >= 0.6 is 11.6 Å². The SMILES string of the molecule is Cc1ccccc1Nc1cc(Cl)nc(-c2cccnc2)n1. The van der Waals surface area contributed by atoms with Gasteiger partial charge in [-0.15, -0.1) is 0 Å². The average Bonchev–Trinajstić information content (AvgIpc) is 2.50. The molecule has 3 aromatic rings. The van der Waals surface area contributed by atoms with Gasteiger partial charge < -0.3 is 5.32 Å². The Kier molecular flexibility index (Phi) is 3.79. The minimum Gasteiger partial charge on any atom is -0.340 e. The van der Waals surface area contributed by atoms with Crippen LogP contribution in [0.25, 0.3) is 11.4 Å². The molecular weight excluding hydrogens is 284 g/mol. The molecule has 0 radical (unpaired) electrons. The first kappa shape index (κ1) is 13.5. The Labute approximate surface area is 127 Å². The molecule has 3 rings (SSSR count). The lowest BCUT2D eigenvalue weighted by Crippen LogP contribution is -1.99. The van der Waals surface area contributed by atoms with Gasteiger partial charge >= 0.3 is 0 Å². The molecule has 0 aliphatic rings. The molecule has 5 heteroatoms. The third-order valence-electron chi connectivity index (χ3n) is 3.02. The fraction of sp³-hybridized carbons (Fsp3) is 0.0625. The zero-order valence-corrected chi connectivity index (χ0v) is 12.2. The number of rotatable bonds is 3. The number of nitrogens with one attached hydrogen (secondary N) is 1. The lowest BCUT2D eigenvalue weighted by atomic mass is 10.2. The van der Waals surface area contributed by atoms with Gasteiger partial charge in [-0.1, -0.05) is 29.8 Å². The van der Waals surface area contributed by atoms with E-state index in [-0.39, 0.29) is 0 Å². The lowest BCUT2D eigenvalue weighted by Gasteiger charge is -2.10. The van der Waals surface area contributed by atoms with Crippen molar-refractivity contribution >= 4 is 23.1 Å². The second-order valence-electron chi connectivity index (χ2n) is 4.58. The summed E-state index contributed by atoms with van der Waals surface area (Å²) >= 11 is 6.09. The van der Waals surface area contributed by atoms with Gasteiger partial charge in [-0.25, -0.2) is 9.97 Å². The zero-order chi connectivity index (χ0) is 14.7. The van der Waals surface area contributed by atoms with Crippen LogP contribution in [0, 0.1) is 6.92 Å². The zero-order valence-electron chi connectivity index (χ0n) is 11.4. The summed E-state index contributed by atoms with van der Waals surface area (Å²) < 4.78 is 0. The van der Waals surface area contributed by atoms with Gasteiger partial charge in [-0.2, -0.15) is 0 Å². The van der Waals surface area contributed by atoms with Crippen LogP contribution in [0.3, 0.4) is 0 Å². The predicted octanol–water partition coefficient (Wildman–Crippen LogP) is 4.24. The monoisotopic (exact) mass is 296 g/mol. The van der Waals surface area contributed by atoms with Crippen LogP contribution in [0.5, 0.6) is 0 Å². The number of benzene rings is 1. The molecule has 4 nitrogen and oxygen atoms in total. The molecule has 0 bridgehead atoms. The van der Waals surface area contributed by atoms with E-state index in [0.29, 0.717) is 16.8 Å². The molecule has 21 heavy (non-hydrogen) atoms. The van der Waals surface area contributed by atoms with Crippen molar-refractivity contribution in [2.24, 2.45) is 0 Å². The Morgan fingerprint density at radius 2 is 1.90 bits per heavy atom. The van der Waals surface area contributed by atoms with Gasteiger partial charge in [0, 0.05) is 29.7 Å². The number of nitrogens with zero attached hydrogens (tertiary/aromatic N) is 3. The second kappa shape index (κ2) is 5.89. The number of para-hydroxylation sites is 1. The van der Waals surface area contributed by atoms with Gasteiger partial charge in [-0.3, -0.25) is 4.98 Å². The molecule has 0 aliphatic heterocycles. The van der Waals surface area contributed by atoms with Crippen molar-refractivity contribution in [1.29, 1.82) is 0 Å². The summed E-state index contributed by atoms with van der Waals surface area (Å²) in [5.74, 6) is 1.20. The molecular formula is C16H13ClN4. The maximum absolute atomic E-state index is 6.09. The van der Waals surface area contributed by atoms with E-state index in [9.17, 15) is 0 Å². The number of aryl methyl sites for hydroxylation is 1. The topological polar surface area (TPSA) is 50.7 Å². The number of pyridine rings is 1. The van der Waals surface area contributed by atoms with Crippen LogP contribution < -0.4 is 5.32 Å². The molecule has 0 saturated carbocycles. The third-order valence-corrected chi connectivity index (χ3v) is 3.22. The van der Waals surface area contributed by atoms with E-state index in [2.05, 4.69) is 20.3 Å². The van der Waals surface area contributed by atoms with Crippen molar-refractivity contribution in [3.05, 3.63) is 65.6 Å². The molecule has 0 amide bonds. The van der Waals surface area contributed by atoms with Crippen molar-refractivity contribution in [2.75, 3.05) is 5.32 Å². The number of hydrogen-bond acceptors (Lipinski definition) is 4. The quantitative estimate of drug-likeness (QED) is 0.734. The summed E-state index contributed by atoms with van der Waals surface area (Å²) in [5, 5.41) is 3.66. The number of anilines is 2. The summed E-state index contributed by atoms with van der Waals surface area (Å²) in [6.07, 6.45) is 3.42. The normalized spacial score (nSPS) is 10.4. The average molecular weight is 297 g/mol. The fourth-order valence-electron chi connectivity index (χ4n) is 1.96. The molecule has 0 fully saturated rings. The van der Waals surface area contributed by atoms with Gasteiger partial charge in [0.15, 0.2) is 5.82 Å². The predicted molar refractivity (Wildman–Crippen MR) is 84.7 cm³/mol. The summed E-state index contributed by atoms with van der Waals surface area (Å²) in [6, 6.07) is 13.4. The summed E-state index contributed by atoms with van der Waals surface area (Å²) in [4.78, 5) is 12.8. The Morgan fingerprint density at radius 1 is 1.05 bits per heavy atom. The van der Waals surface area contributed by atoms with E-state index in [1.807, 2.05) is 43.3 Å². The van der Waals surface area contributed by atoms with E-state index in [1.165, 1.54) is 0 Å². The second-order valence-corrected chi connectivity index (χ2v) is 4.97. The van der Waals surface area contributed by atoms with Crippen molar-refractivity contribution in [2.45, 2.75) is 6.92 Å². The highest BCUT2D eigenvalue weighted by Gasteiger charge is 2.07. The molecule has 0 aliphatic carbocycles. The Hall–Kier alpha value is -2.46. The standard InChI is InChI=1S/C16H13ClN4/c1-11-5-2-3-7-13(11)19-15-9-14(17)20-16(21-15)12-6-4-8-18-10-12/h2-10H,1H3,(H,19,20,21). The van der Waals surface area contributed by atoms with Gasteiger partial charge in [0.1, 0.15) is 11.0 Å². The maximum Gasteiger partial charge on any atom is 0.164 e. The van der Waals surface area contributed by atoms with E-state index in [4.69, 9.17) is 11.6 Å². The van der Waals surface area contributed by atoms with Crippen molar-refractivity contribution in [1.82, 2.24) is 15.0 Å². The summed E-state index contributed by atoms with van der Waals surface area (Å²) in [5.41, 5.74) is 2.95. The minimum absolute atomic E-state index is 0.389. The highest BCUT2D eigenvalue weighted by atomic mass is 35.5. The maximum atomic E-state index is 6.09. The molecule has 0 saturated heterocycles. The van der Waals surface area contributed by atoms with Crippen LogP contribution in [0.4, 0.5) is 11.5 Å². The lowest BCUT2D eigenvalue weighted by molar-refractivity contribution is 1.16. The first-order chi connectivity index (χ1) is 10.2. The summed E-state index contributed by atoms with van der Waals surface area (Å²) in [7, 11) is 0. The van der Waals surface area contributed by atoms with Gasteiger partial charge in [0.25, 0.3) is 0 Å². The van der Waals surface area contributed by atoms with Crippen molar-refractivity contribution in [3.63, 3.8) is 0 Å². The largest absolute Gasteiger partial charge is 0.340 e. The van der Waals surface area contributed by atoms with Crippen molar-refractivity contribution in [3.8, 4) is 11.4 Å². The minimum atomic E-state index is 0.389. The first-order valence-corrected chi connectivity index (χ1v) is 6.88. The van der Waals surface area contributed by atoms with E-state index in [0.717, 1.165) is 16.8 Å². The Bertz CT molecular complexity index is 759. The number of aromatic nitrogens is 3. The van der Waals surface area contributed by atoms with E-state index >= 15 is 0 Å². The molecule has 104 valence electrons. The van der Waals surface area contributed by atoms with Gasteiger partial charge in [0.05, 0.1) is 0 Å². The van der Waals surface area contributed by atoms with Crippen LogP contribution in [0.15, 0.2) is 54.9 Å². The van der Waals surface area contributed by atoms with Gasteiger partial charge in [0.2, 0.25) is 0 Å².